The minimum Gasteiger partial charge on any atom is -0.504 e. The van der Waals surface area contributed by atoms with E-state index in [0.29, 0.717) is 5.69 Å². The van der Waals surface area contributed by atoms with Crippen molar-refractivity contribution in [2.24, 2.45) is 0 Å². The number of rotatable bonds is 6. The second kappa shape index (κ2) is 9.02. The first kappa shape index (κ1) is 25.1. The van der Waals surface area contributed by atoms with Gasteiger partial charge < -0.3 is 9.84 Å². The molecule has 0 radical (unpaired) electrons. The number of ether oxygens (including phenoxy) is 1. The van der Waals surface area contributed by atoms with Gasteiger partial charge in [0.1, 0.15) is 6.20 Å². The Morgan fingerprint density at radius 3 is 2.12 bits per heavy atom. The van der Waals surface area contributed by atoms with Crippen molar-refractivity contribution in [1.29, 1.82) is 0 Å². The molecule has 3 aromatic rings. The van der Waals surface area contributed by atoms with Crippen molar-refractivity contribution in [3.05, 3.63) is 61.1 Å². The second-order valence-corrected chi connectivity index (χ2v) is 10.6. The highest BCUT2D eigenvalue weighted by Crippen LogP contribution is 2.48. The van der Waals surface area contributed by atoms with Gasteiger partial charge in [-0.05, 0) is 18.1 Å². The molecule has 0 aliphatic heterocycles. The molecule has 164 valence electrons. The maximum Gasteiger partial charge on any atom is 0.349 e. The summed E-state index contributed by atoms with van der Waals surface area (Å²) in [6.07, 6.45) is 2.24. The predicted octanol–water partition coefficient (Wildman–Crippen LogP) is -3.45. The minimum atomic E-state index is -0.745. The lowest BCUT2D eigenvalue weighted by atomic mass is 9.25. The Labute approximate surface area is 205 Å². The number of aromatic amines is 1. The molecule has 0 amide bonds. The normalized spacial score (nSPS) is 12.1. The van der Waals surface area contributed by atoms with Crippen LogP contribution in [0.3, 0.4) is 0 Å². The van der Waals surface area contributed by atoms with Crippen LogP contribution in [0.25, 0.3) is 5.69 Å². The Bertz CT molecular complexity index is 1290. The summed E-state index contributed by atoms with van der Waals surface area (Å²) in [7, 11) is 12.4. The van der Waals surface area contributed by atoms with Gasteiger partial charge in [-0.1, -0.05) is 23.2 Å². The zero-order valence-electron chi connectivity index (χ0n) is 19.1. The van der Waals surface area contributed by atoms with Crippen molar-refractivity contribution in [2.75, 3.05) is 0 Å². The quantitative estimate of drug-likeness (QED) is 0.351. The highest BCUT2D eigenvalue weighted by atomic mass is 35.5. The second-order valence-electron chi connectivity index (χ2n) is 9.78. The zero-order chi connectivity index (χ0) is 24.7. The summed E-state index contributed by atoms with van der Waals surface area (Å²) in [5, 5.41) is 14.0. The van der Waals surface area contributed by atoms with Crippen LogP contribution in [-0.2, 0) is 0 Å². The van der Waals surface area contributed by atoms with Crippen LogP contribution in [0.2, 0.25) is 20.3 Å². The molecule has 17 heteroatoms. The van der Waals surface area contributed by atoms with E-state index in [2.05, 4.69) is 67.1 Å². The van der Waals surface area contributed by atoms with E-state index >= 15 is 0 Å². The number of hydrogen-bond acceptors (Lipinski definition) is 7. The lowest BCUT2D eigenvalue weighted by molar-refractivity contribution is 0.413. The van der Waals surface area contributed by atoms with Gasteiger partial charge in [0.2, 0.25) is 0 Å². The SMILES string of the molecule is BC(B)(B)C(c1nc(Oc2c(Cl)cc(-n3ncc(=O)[nH]c3=O)cc2Cl)ncc1O)C(B)(B)B. The number of hydrogen-bond donors (Lipinski definition) is 2. The minimum absolute atomic E-state index is 0.0340. The fourth-order valence-corrected chi connectivity index (χ4v) is 4.70. The van der Waals surface area contributed by atoms with E-state index in [-0.39, 0.29) is 49.4 Å². The molecule has 2 heterocycles. The molecule has 2 N–H and O–H groups in total. The number of nitrogens with one attached hydrogen (secondary N) is 1. The molecule has 0 atom stereocenters. The summed E-state index contributed by atoms with van der Waals surface area (Å²) in [6, 6.07) is 2.77. The van der Waals surface area contributed by atoms with Gasteiger partial charge in [0.15, 0.2) is 11.5 Å². The van der Waals surface area contributed by atoms with Gasteiger partial charge in [0, 0.05) is 0 Å². The smallest absolute Gasteiger partial charge is 0.349 e. The number of aromatic nitrogens is 5. The van der Waals surface area contributed by atoms with E-state index in [1.807, 2.05) is 0 Å². The van der Waals surface area contributed by atoms with E-state index in [9.17, 15) is 14.7 Å². The fraction of sp³-hybridized carbons (Fsp3) is 0.188. The first-order valence-corrected chi connectivity index (χ1v) is 10.9. The molecule has 0 fully saturated rings. The molecule has 0 saturated carbocycles. The Kier molecular flexibility index (Phi) is 6.86. The number of halogens is 2. The number of H-pyrrole nitrogens is 1. The summed E-state index contributed by atoms with van der Waals surface area (Å²) in [5.74, 6) is -0.0885. The molecule has 0 saturated heterocycles. The largest absolute Gasteiger partial charge is 0.504 e. The first-order chi connectivity index (χ1) is 15.2. The van der Waals surface area contributed by atoms with Crippen LogP contribution in [-0.4, -0.2) is 76.9 Å². The van der Waals surface area contributed by atoms with Crippen molar-refractivity contribution in [1.82, 2.24) is 24.7 Å². The van der Waals surface area contributed by atoms with Crippen molar-refractivity contribution >= 4 is 70.3 Å². The summed E-state index contributed by atoms with van der Waals surface area (Å²) < 4.78 is 6.73. The van der Waals surface area contributed by atoms with E-state index in [1.54, 1.807) is 0 Å². The molecule has 0 bridgehead atoms. The molecule has 1 aromatic carbocycles. The lowest BCUT2D eigenvalue weighted by Crippen LogP contribution is -2.35. The molecular formula is C16H19B6Cl2N5O4. The molecule has 0 unspecified atom stereocenters. The van der Waals surface area contributed by atoms with E-state index in [1.165, 1.54) is 18.3 Å². The highest BCUT2D eigenvalue weighted by Gasteiger charge is 2.38. The summed E-state index contributed by atoms with van der Waals surface area (Å²) in [6.45, 7) is 0. The Morgan fingerprint density at radius 1 is 1.03 bits per heavy atom. The van der Waals surface area contributed by atoms with Crippen LogP contribution in [0.5, 0.6) is 17.5 Å². The van der Waals surface area contributed by atoms with Crippen LogP contribution in [0.4, 0.5) is 0 Å². The van der Waals surface area contributed by atoms with Gasteiger partial charge in [0.25, 0.3) is 5.56 Å². The van der Waals surface area contributed by atoms with Crippen molar-refractivity contribution < 1.29 is 9.84 Å². The van der Waals surface area contributed by atoms with E-state index < -0.39 is 11.2 Å². The van der Waals surface area contributed by atoms with Crippen LogP contribution >= 0.6 is 23.2 Å². The molecule has 0 aliphatic rings. The summed E-state index contributed by atoms with van der Waals surface area (Å²) in [4.78, 5) is 33.9. The summed E-state index contributed by atoms with van der Waals surface area (Å²) in [5.41, 5.74) is -0.693. The fourth-order valence-electron chi connectivity index (χ4n) is 4.15. The van der Waals surface area contributed by atoms with Crippen molar-refractivity contribution in [2.45, 2.75) is 16.1 Å². The van der Waals surface area contributed by atoms with Crippen LogP contribution in [0, 0.1) is 0 Å². The van der Waals surface area contributed by atoms with E-state index in [0.717, 1.165) is 10.9 Å². The molecule has 0 aliphatic carbocycles. The number of aromatic hydroxyl groups is 1. The summed E-state index contributed by atoms with van der Waals surface area (Å²) >= 11 is 12.7. The molecule has 9 nitrogen and oxygen atoms in total. The molecule has 33 heavy (non-hydrogen) atoms. The average molecular weight is 481 g/mol. The third-order valence-corrected chi connectivity index (χ3v) is 5.48. The third kappa shape index (κ3) is 5.52. The topological polar surface area (TPSA) is 123 Å². The van der Waals surface area contributed by atoms with Crippen molar-refractivity contribution in [3.63, 3.8) is 0 Å². The van der Waals surface area contributed by atoms with Crippen LogP contribution in [0.15, 0.2) is 34.1 Å². The monoisotopic (exact) mass is 481 g/mol. The third-order valence-electron chi connectivity index (χ3n) is 4.92. The number of nitrogens with zero attached hydrogens (tertiary/aromatic N) is 4. The maximum atomic E-state index is 12.0. The predicted molar refractivity (Wildman–Crippen MR) is 144 cm³/mol. The number of benzene rings is 1. The molecule has 0 spiro atoms. The van der Waals surface area contributed by atoms with Gasteiger partial charge in [-0.3, -0.25) is 9.78 Å². The maximum absolute atomic E-state index is 12.0. The Balaban J connectivity index is 2.03. The van der Waals surface area contributed by atoms with Gasteiger partial charge in [-0.25, -0.2) is 4.79 Å². The Morgan fingerprint density at radius 2 is 1.61 bits per heavy atom. The van der Waals surface area contributed by atoms with Crippen LogP contribution in [0.1, 0.15) is 11.6 Å². The van der Waals surface area contributed by atoms with E-state index in [4.69, 9.17) is 27.9 Å². The first-order valence-electron chi connectivity index (χ1n) is 10.1. The molecule has 2 aromatic heterocycles. The van der Waals surface area contributed by atoms with Crippen molar-refractivity contribution in [3.8, 4) is 23.2 Å². The van der Waals surface area contributed by atoms with Gasteiger partial charge in [-0.15, -0.1) is 10.2 Å². The molecular weight excluding hydrogens is 462 g/mol. The molecule has 3 rings (SSSR count). The van der Waals surface area contributed by atoms with Gasteiger partial charge in [-0.2, -0.15) is 19.7 Å². The van der Waals surface area contributed by atoms with Crippen LogP contribution < -0.4 is 16.0 Å². The average Bonchev–Trinajstić information content (AvgIpc) is 2.64. The lowest BCUT2D eigenvalue weighted by Gasteiger charge is -2.41. The Hall–Kier alpha value is -2.52. The standard InChI is InChI=1S/C16H19B6Cl2N5O4/c17-15(18,19)12(16(20,21)22)10-8(30)3-25-13(28-10)33-11-6(23)1-5(2-7(11)24)29-14(32)27-9(31)4-26-29/h1-4,12,30H,17-22H2,(H,27,31,32). The highest BCUT2D eigenvalue weighted by molar-refractivity contribution is 6.64. The zero-order valence-corrected chi connectivity index (χ0v) is 20.6. The van der Waals surface area contributed by atoms with Gasteiger partial charge in [0.05, 0.1) is 74.7 Å². The van der Waals surface area contributed by atoms with Gasteiger partial charge >= 0.3 is 11.7 Å².